The first-order valence-electron chi connectivity index (χ1n) is 5.50. The van der Waals surface area contributed by atoms with Gasteiger partial charge in [0.25, 0.3) is 5.91 Å². The first kappa shape index (κ1) is 12.0. The number of aromatic nitrogens is 2. The molecule has 0 saturated heterocycles. The molecule has 0 aliphatic rings. The Morgan fingerprint density at radius 1 is 1.22 bits per heavy atom. The van der Waals surface area contributed by atoms with Crippen LogP contribution in [0.25, 0.3) is 11.4 Å². The molecule has 0 aliphatic heterocycles. The lowest BCUT2D eigenvalue weighted by molar-refractivity contribution is 0.1000. The highest BCUT2D eigenvalue weighted by molar-refractivity contribution is 5.98. The average molecular weight is 242 g/mol. The Morgan fingerprint density at radius 3 is 2.50 bits per heavy atom. The molecule has 5 heteroatoms. The summed E-state index contributed by atoms with van der Waals surface area (Å²) in [6, 6.07) is 7.75. The van der Waals surface area contributed by atoms with Crippen molar-refractivity contribution in [3.8, 4) is 11.4 Å². The van der Waals surface area contributed by atoms with Crippen LogP contribution in [0, 0.1) is 13.8 Å². The van der Waals surface area contributed by atoms with Gasteiger partial charge in [-0.3, -0.25) is 4.79 Å². The van der Waals surface area contributed by atoms with Crippen molar-refractivity contribution >= 4 is 11.7 Å². The summed E-state index contributed by atoms with van der Waals surface area (Å²) < 4.78 is 0. The van der Waals surface area contributed by atoms with Gasteiger partial charge >= 0.3 is 0 Å². The Kier molecular flexibility index (Phi) is 2.97. The van der Waals surface area contributed by atoms with E-state index in [1.54, 1.807) is 6.92 Å². The van der Waals surface area contributed by atoms with E-state index in [1.807, 2.05) is 31.2 Å². The van der Waals surface area contributed by atoms with Crippen LogP contribution in [-0.4, -0.2) is 15.9 Å². The minimum absolute atomic E-state index is 0.117. The van der Waals surface area contributed by atoms with Crippen LogP contribution < -0.4 is 11.5 Å². The lowest BCUT2D eigenvalue weighted by Crippen LogP contribution is -2.17. The second-order valence-corrected chi connectivity index (χ2v) is 4.13. The van der Waals surface area contributed by atoms with E-state index in [4.69, 9.17) is 11.5 Å². The number of carbonyl (C=O) groups is 1. The SMILES string of the molecule is Cc1cccc(-c2nc(C)c(C(N)=O)c(N)n2)c1. The second kappa shape index (κ2) is 4.44. The lowest BCUT2D eigenvalue weighted by atomic mass is 10.1. The fourth-order valence-electron chi connectivity index (χ4n) is 1.81. The molecule has 1 amide bonds. The number of hydrogen-bond donors (Lipinski definition) is 2. The molecule has 1 aromatic heterocycles. The zero-order valence-corrected chi connectivity index (χ0v) is 10.3. The van der Waals surface area contributed by atoms with E-state index in [0.29, 0.717) is 11.5 Å². The van der Waals surface area contributed by atoms with E-state index in [0.717, 1.165) is 11.1 Å². The van der Waals surface area contributed by atoms with E-state index >= 15 is 0 Å². The summed E-state index contributed by atoms with van der Waals surface area (Å²) >= 11 is 0. The molecule has 92 valence electrons. The Hall–Kier alpha value is -2.43. The largest absolute Gasteiger partial charge is 0.383 e. The predicted molar refractivity (Wildman–Crippen MR) is 69.9 cm³/mol. The van der Waals surface area contributed by atoms with Crippen molar-refractivity contribution in [2.24, 2.45) is 5.73 Å². The summed E-state index contributed by atoms with van der Waals surface area (Å²) in [7, 11) is 0. The molecule has 2 aromatic rings. The normalized spacial score (nSPS) is 10.3. The van der Waals surface area contributed by atoms with Crippen molar-refractivity contribution in [1.82, 2.24) is 9.97 Å². The minimum Gasteiger partial charge on any atom is -0.383 e. The average Bonchev–Trinajstić information content (AvgIpc) is 2.27. The number of nitrogens with zero attached hydrogens (tertiary/aromatic N) is 2. The number of aryl methyl sites for hydroxylation is 2. The number of carbonyl (C=O) groups excluding carboxylic acids is 1. The fraction of sp³-hybridized carbons (Fsp3) is 0.154. The molecule has 0 aliphatic carbocycles. The van der Waals surface area contributed by atoms with Gasteiger partial charge in [0.05, 0.1) is 5.69 Å². The smallest absolute Gasteiger partial charge is 0.254 e. The molecular weight excluding hydrogens is 228 g/mol. The van der Waals surface area contributed by atoms with Crippen molar-refractivity contribution in [3.63, 3.8) is 0 Å². The molecule has 0 fully saturated rings. The molecule has 2 rings (SSSR count). The molecule has 1 aromatic carbocycles. The van der Waals surface area contributed by atoms with Crippen LogP contribution in [-0.2, 0) is 0 Å². The van der Waals surface area contributed by atoms with Crippen molar-refractivity contribution in [1.29, 1.82) is 0 Å². The van der Waals surface area contributed by atoms with Crippen LogP contribution in [0.2, 0.25) is 0 Å². The highest BCUT2D eigenvalue weighted by atomic mass is 16.1. The highest BCUT2D eigenvalue weighted by Crippen LogP contribution is 2.20. The molecule has 5 nitrogen and oxygen atoms in total. The second-order valence-electron chi connectivity index (χ2n) is 4.13. The van der Waals surface area contributed by atoms with E-state index in [-0.39, 0.29) is 11.4 Å². The third-order valence-corrected chi connectivity index (χ3v) is 2.64. The van der Waals surface area contributed by atoms with E-state index in [2.05, 4.69) is 9.97 Å². The Balaban J connectivity index is 2.58. The van der Waals surface area contributed by atoms with Crippen LogP contribution in [0.3, 0.4) is 0 Å². The molecule has 0 spiro atoms. The molecule has 0 atom stereocenters. The molecule has 1 heterocycles. The van der Waals surface area contributed by atoms with Crippen LogP contribution >= 0.6 is 0 Å². The third-order valence-electron chi connectivity index (χ3n) is 2.64. The number of rotatable bonds is 2. The molecular formula is C13H14N4O. The van der Waals surface area contributed by atoms with E-state index in [9.17, 15) is 4.79 Å². The quantitative estimate of drug-likeness (QED) is 0.833. The molecule has 0 bridgehead atoms. The number of hydrogen-bond acceptors (Lipinski definition) is 4. The van der Waals surface area contributed by atoms with Crippen molar-refractivity contribution < 1.29 is 4.79 Å². The standard InChI is InChI=1S/C13H14N4O/c1-7-4-3-5-9(6-7)13-16-8(2)10(12(15)18)11(14)17-13/h3-6H,1-2H3,(H2,15,18)(H2,14,16,17). The number of benzene rings is 1. The van der Waals surface area contributed by atoms with Gasteiger partial charge in [0.15, 0.2) is 5.82 Å². The van der Waals surface area contributed by atoms with Gasteiger partial charge in [0, 0.05) is 5.56 Å². The topological polar surface area (TPSA) is 94.9 Å². The van der Waals surface area contributed by atoms with Crippen LogP contribution in [0.5, 0.6) is 0 Å². The Morgan fingerprint density at radius 2 is 1.94 bits per heavy atom. The molecule has 4 N–H and O–H groups in total. The van der Waals surface area contributed by atoms with Gasteiger partial charge in [-0.15, -0.1) is 0 Å². The molecule has 0 unspecified atom stereocenters. The molecule has 0 radical (unpaired) electrons. The maximum Gasteiger partial charge on any atom is 0.254 e. The van der Waals surface area contributed by atoms with Gasteiger partial charge in [-0.25, -0.2) is 9.97 Å². The van der Waals surface area contributed by atoms with Crippen LogP contribution in [0.4, 0.5) is 5.82 Å². The van der Waals surface area contributed by atoms with Gasteiger partial charge in [0.1, 0.15) is 11.4 Å². The number of anilines is 1. The van der Waals surface area contributed by atoms with Gasteiger partial charge < -0.3 is 11.5 Å². The monoisotopic (exact) mass is 242 g/mol. The molecule has 0 saturated carbocycles. The van der Waals surface area contributed by atoms with Crippen molar-refractivity contribution in [2.45, 2.75) is 13.8 Å². The maximum absolute atomic E-state index is 11.2. The predicted octanol–water partition coefficient (Wildman–Crippen LogP) is 1.44. The number of nitrogens with two attached hydrogens (primary N) is 2. The van der Waals surface area contributed by atoms with E-state index in [1.165, 1.54) is 0 Å². The first-order chi connectivity index (χ1) is 8.49. The fourth-order valence-corrected chi connectivity index (χ4v) is 1.81. The maximum atomic E-state index is 11.2. The highest BCUT2D eigenvalue weighted by Gasteiger charge is 2.14. The van der Waals surface area contributed by atoms with E-state index < -0.39 is 5.91 Å². The Labute approximate surface area is 105 Å². The minimum atomic E-state index is -0.610. The Bertz CT molecular complexity index is 599. The summed E-state index contributed by atoms with van der Waals surface area (Å²) in [5, 5.41) is 0. The van der Waals surface area contributed by atoms with Crippen molar-refractivity contribution in [3.05, 3.63) is 41.1 Å². The zero-order valence-electron chi connectivity index (χ0n) is 10.3. The van der Waals surface area contributed by atoms with Gasteiger partial charge in [-0.05, 0) is 19.9 Å². The van der Waals surface area contributed by atoms with Gasteiger partial charge in [-0.1, -0.05) is 23.8 Å². The number of primary amides is 1. The summed E-state index contributed by atoms with van der Waals surface area (Å²) in [5.41, 5.74) is 13.6. The summed E-state index contributed by atoms with van der Waals surface area (Å²) in [6.07, 6.45) is 0. The summed E-state index contributed by atoms with van der Waals surface area (Å²) in [6.45, 7) is 3.68. The molecule has 18 heavy (non-hydrogen) atoms. The third kappa shape index (κ3) is 2.15. The van der Waals surface area contributed by atoms with Crippen molar-refractivity contribution in [2.75, 3.05) is 5.73 Å². The number of nitrogen functional groups attached to an aromatic ring is 1. The van der Waals surface area contributed by atoms with Gasteiger partial charge in [-0.2, -0.15) is 0 Å². The zero-order chi connectivity index (χ0) is 13.3. The van der Waals surface area contributed by atoms with Crippen LogP contribution in [0.15, 0.2) is 24.3 Å². The summed E-state index contributed by atoms with van der Waals surface area (Å²) in [5.74, 6) is 0.00555. The van der Waals surface area contributed by atoms with Gasteiger partial charge in [0.2, 0.25) is 0 Å². The first-order valence-corrected chi connectivity index (χ1v) is 5.50. The summed E-state index contributed by atoms with van der Waals surface area (Å²) in [4.78, 5) is 19.6. The number of amides is 1. The van der Waals surface area contributed by atoms with Crippen LogP contribution in [0.1, 0.15) is 21.6 Å². The lowest BCUT2D eigenvalue weighted by Gasteiger charge is -2.08.